The maximum atomic E-state index is 6.37. The summed E-state index contributed by atoms with van der Waals surface area (Å²) in [5, 5.41) is 7.73. The zero-order chi connectivity index (χ0) is 30.2. The smallest absolute Gasteiger partial charge is 0.160 e. The van der Waals surface area contributed by atoms with Gasteiger partial charge in [-0.05, 0) is 59.0 Å². The standard InChI is InChI=1S/C42H24N2O2/c1-4-16-36-35(13-1)40(44-42(43-36)27-19-20-32-30-11-2-5-17-37(30)45-39(32)24-27)26-10-7-9-25(23-26)28-14-8-15-33-29(28)21-22-34-31-12-3-6-18-38(31)46-41(33)34/h1-24H. The number of rotatable bonds is 3. The van der Waals surface area contributed by atoms with E-state index in [0.717, 1.165) is 93.5 Å². The van der Waals surface area contributed by atoms with Crippen molar-refractivity contribution >= 4 is 65.6 Å². The number of fused-ring (bicyclic) bond motifs is 9. The van der Waals surface area contributed by atoms with Gasteiger partial charge in [0.05, 0.1) is 11.2 Å². The van der Waals surface area contributed by atoms with Crippen LogP contribution < -0.4 is 0 Å². The Morgan fingerprint density at radius 3 is 1.89 bits per heavy atom. The molecule has 4 heteroatoms. The zero-order valence-corrected chi connectivity index (χ0v) is 24.6. The summed E-state index contributed by atoms with van der Waals surface area (Å²) in [5.41, 5.74) is 9.54. The molecule has 7 aromatic carbocycles. The molecule has 10 aromatic rings. The van der Waals surface area contributed by atoms with E-state index >= 15 is 0 Å². The van der Waals surface area contributed by atoms with Gasteiger partial charge in [0.15, 0.2) is 5.82 Å². The molecule has 0 spiro atoms. The topological polar surface area (TPSA) is 52.1 Å². The average Bonchev–Trinajstić information content (AvgIpc) is 3.69. The van der Waals surface area contributed by atoms with Gasteiger partial charge in [-0.3, -0.25) is 0 Å². The molecule has 0 saturated carbocycles. The number of benzene rings is 7. The van der Waals surface area contributed by atoms with Crippen molar-refractivity contribution in [3.05, 3.63) is 146 Å². The summed E-state index contributed by atoms with van der Waals surface area (Å²) >= 11 is 0. The van der Waals surface area contributed by atoms with E-state index in [0.29, 0.717) is 5.82 Å². The predicted molar refractivity (Wildman–Crippen MR) is 188 cm³/mol. The fraction of sp³-hybridized carbons (Fsp3) is 0. The minimum atomic E-state index is 0.666. The molecule has 0 atom stereocenters. The van der Waals surface area contributed by atoms with Crippen molar-refractivity contribution in [2.24, 2.45) is 0 Å². The van der Waals surface area contributed by atoms with Gasteiger partial charge in [-0.25, -0.2) is 9.97 Å². The summed E-state index contributed by atoms with van der Waals surface area (Å²) in [6, 6.07) is 50.3. The minimum Gasteiger partial charge on any atom is -0.456 e. The van der Waals surface area contributed by atoms with Crippen LogP contribution in [-0.2, 0) is 0 Å². The number of hydrogen-bond donors (Lipinski definition) is 0. The van der Waals surface area contributed by atoms with Crippen LogP contribution in [0.15, 0.2) is 154 Å². The molecule has 46 heavy (non-hydrogen) atoms. The van der Waals surface area contributed by atoms with Crippen molar-refractivity contribution in [1.29, 1.82) is 0 Å². The van der Waals surface area contributed by atoms with Crippen molar-refractivity contribution < 1.29 is 8.83 Å². The second kappa shape index (κ2) is 9.62. The Kier molecular flexibility index (Phi) is 5.25. The molecule has 0 bridgehead atoms. The fourth-order valence-electron chi connectivity index (χ4n) is 6.92. The van der Waals surface area contributed by atoms with Crippen LogP contribution in [0.25, 0.3) is 99.3 Å². The summed E-state index contributed by atoms with van der Waals surface area (Å²) in [4.78, 5) is 10.2. The Morgan fingerprint density at radius 2 is 1.00 bits per heavy atom. The molecule has 3 heterocycles. The Hall–Kier alpha value is -6.26. The van der Waals surface area contributed by atoms with Crippen LogP contribution in [0.2, 0.25) is 0 Å². The van der Waals surface area contributed by atoms with Crippen LogP contribution >= 0.6 is 0 Å². The summed E-state index contributed by atoms with van der Waals surface area (Å²) in [6.45, 7) is 0. The van der Waals surface area contributed by atoms with Crippen LogP contribution in [0.3, 0.4) is 0 Å². The van der Waals surface area contributed by atoms with Gasteiger partial charge in [-0.2, -0.15) is 0 Å². The molecule has 0 saturated heterocycles. The second-order valence-electron chi connectivity index (χ2n) is 11.7. The zero-order valence-electron chi connectivity index (χ0n) is 24.6. The lowest BCUT2D eigenvalue weighted by molar-refractivity contribution is 0.669. The largest absolute Gasteiger partial charge is 0.456 e. The van der Waals surface area contributed by atoms with Crippen LogP contribution in [0.1, 0.15) is 0 Å². The first-order valence-corrected chi connectivity index (χ1v) is 15.4. The third-order valence-corrected chi connectivity index (χ3v) is 9.09. The van der Waals surface area contributed by atoms with E-state index in [4.69, 9.17) is 18.8 Å². The second-order valence-corrected chi connectivity index (χ2v) is 11.7. The average molecular weight is 589 g/mol. The molecule has 0 aliphatic rings. The van der Waals surface area contributed by atoms with Crippen molar-refractivity contribution in [2.75, 3.05) is 0 Å². The number of nitrogens with zero attached hydrogens (tertiary/aromatic N) is 2. The Morgan fingerprint density at radius 1 is 0.370 bits per heavy atom. The van der Waals surface area contributed by atoms with Crippen molar-refractivity contribution in [3.8, 4) is 33.8 Å². The number of furan rings is 2. The van der Waals surface area contributed by atoms with E-state index in [1.54, 1.807) is 0 Å². The first-order chi connectivity index (χ1) is 22.8. The molecule has 4 nitrogen and oxygen atoms in total. The molecular weight excluding hydrogens is 564 g/mol. The highest BCUT2D eigenvalue weighted by Gasteiger charge is 2.16. The summed E-state index contributed by atoms with van der Waals surface area (Å²) in [6.07, 6.45) is 0. The van der Waals surface area contributed by atoms with E-state index in [1.807, 2.05) is 42.5 Å². The number of aromatic nitrogens is 2. The quantitative estimate of drug-likeness (QED) is 0.206. The first kappa shape index (κ1) is 25.1. The SMILES string of the molecule is c1cc(-c2nc(-c3ccc4c(c3)oc3ccccc34)nc3ccccc23)cc(-c2cccc3c2ccc2c4ccccc4oc32)c1. The van der Waals surface area contributed by atoms with E-state index in [1.165, 1.54) is 0 Å². The third-order valence-electron chi connectivity index (χ3n) is 9.09. The molecule has 0 radical (unpaired) electrons. The van der Waals surface area contributed by atoms with Crippen LogP contribution in [0, 0.1) is 0 Å². The maximum absolute atomic E-state index is 6.37. The van der Waals surface area contributed by atoms with E-state index in [9.17, 15) is 0 Å². The normalized spacial score (nSPS) is 11.9. The summed E-state index contributed by atoms with van der Waals surface area (Å²) in [7, 11) is 0. The molecule has 0 aliphatic heterocycles. The lowest BCUT2D eigenvalue weighted by Crippen LogP contribution is -1.95. The minimum absolute atomic E-state index is 0.666. The number of para-hydroxylation sites is 3. The molecule has 10 rings (SSSR count). The molecule has 0 aliphatic carbocycles. The van der Waals surface area contributed by atoms with Gasteiger partial charge in [0, 0.05) is 43.4 Å². The van der Waals surface area contributed by atoms with Gasteiger partial charge < -0.3 is 8.83 Å². The Balaban J connectivity index is 1.14. The Labute approximate surface area is 263 Å². The third kappa shape index (κ3) is 3.74. The molecule has 0 N–H and O–H groups in total. The highest BCUT2D eigenvalue weighted by Crippen LogP contribution is 2.39. The molecule has 3 aromatic heterocycles. The van der Waals surface area contributed by atoms with Crippen LogP contribution in [0.4, 0.5) is 0 Å². The van der Waals surface area contributed by atoms with Crippen LogP contribution in [0.5, 0.6) is 0 Å². The molecular formula is C42H24N2O2. The first-order valence-electron chi connectivity index (χ1n) is 15.4. The van der Waals surface area contributed by atoms with Gasteiger partial charge >= 0.3 is 0 Å². The molecule has 0 unspecified atom stereocenters. The monoisotopic (exact) mass is 588 g/mol. The van der Waals surface area contributed by atoms with Gasteiger partial charge in [0.1, 0.15) is 22.3 Å². The highest BCUT2D eigenvalue weighted by molar-refractivity contribution is 6.17. The van der Waals surface area contributed by atoms with Gasteiger partial charge in [0.2, 0.25) is 0 Å². The number of hydrogen-bond acceptors (Lipinski definition) is 4. The van der Waals surface area contributed by atoms with Crippen molar-refractivity contribution in [3.63, 3.8) is 0 Å². The van der Waals surface area contributed by atoms with Crippen molar-refractivity contribution in [2.45, 2.75) is 0 Å². The van der Waals surface area contributed by atoms with E-state index in [-0.39, 0.29) is 0 Å². The van der Waals surface area contributed by atoms with Gasteiger partial charge in [-0.15, -0.1) is 0 Å². The summed E-state index contributed by atoms with van der Waals surface area (Å²) in [5.74, 6) is 0.666. The van der Waals surface area contributed by atoms with Gasteiger partial charge in [-0.1, -0.05) is 103 Å². The van der Waals surface area contributed by atoms with Gasteiger partial charge in [0.25, 0.3) is 0 Å². The molecule has 0 amide bonds. The Bertz CT molecular complexity index is 2820. The lowest BCUT2D eigenvalue weighted by atomic mass is 9.94. The van der Waals surface area contributed by atoms with E-state index in [2.05, 4.69) is 103 Å². The summed E-state index contributed by atoms with van der Waals surface area (Å²) < 4.78 is 12.6. The maximum Gasteiger partial charge on any atom is 0.160 e. The van der Waals surface area contributed by atoms with Crippen molar-refractivity contribution in [1.82, 2.24) is 9.97 Å². The highest BCUT2D eigenvalue weighted by atomic mass is 16.3. The lowest BCUT2D eigenvalue weighted by Gasteiger charge is -2.12. The van der Waals surface area contributed by atoms with Crippen LogP contribution in [-0.4, -0.2) is 9.97 Å². The fourth-order valence-corrected chi connectivity index (χ4v) is 6.92. The molecule has 214 valence electrons. The molecule has 0 fully saturated rings. The van der Waals surface area contributed by atoms with E-state index < -0.39 is 0 Å². The predicted octanol–water partition coefficient (Wildman–Crippen LogP) is 11.6.